The maximum absolute atomic E-state index is 14.6. The maximum Gasteiger partial charge on any atom is 0.252 e. The van der Waals surface area contributed by atoms with Crippen LogP contribution in [0.15, 0.2) is 24.4 Å². The highest BCUT2D eigenvalue weighted by Crippen LogP contribution is 2.45. The van der Waals surface area contributed by atoms with Gasteiger partial charge in [-0.15, -0.1) is 0 Å². The highest BCUT2D eigenvalue weighted by molar-refractivity contribution is 6.00. The van der Waals surface area contributed by atoms with Crippen molar-refractivity contribution in [1.29, 1.82) is 0 Å². The van der Waals surface area contributed by atoms with Gasteiger partial charge in [0.2, 0.25) is 0 Å². The lowest BCUT2D eigenvalue weighted by Crippen LogP contribution is -2.37. The standard InChI is InChI=1S/C24H30FN3O2/c1-23(2,3)22(29)28-20-11-15-13-21(24(4)7-9-30-10-8-24)27(18-6-5-17(18)25)19(15)12-16(20)14-26-28/h11-14,17-18H,5-10H2,1-4H3/t17-,18?/m1/s1. The van der Waals surface area contributed by atoms with Crippen LogP contribution in [-0.4, -0.2) is 39.6 Å². The van der Waals surface area contributed by atoms with Crippen molar-refractivity contribution in [3.63, 3.8) is 0 Å². The average molecular weight is 412 g/mol. The van der Waals surface area contributed by atoms with E-state index in [9.17, 15) is 9.18 Å². The third-order valence-corrected chi connectivity index (χ3v) is 7.06. The molecule has 0 spiro atoms. The van der Waals surface area contributed by atoms with Crippen LogP contribution in [0.5, 0.6) is 0 Å². The van der Waals surface area contributed by atoms with Gasteiger partial charge in [-0.1, -0.05) is 27.7 Å². The predicted molar refractivity (Wildman–Crippen MR) is 116 cm³/mol. The van der Waals surface area contributed by atoms with E-state index in [1.165, 1.54) is 10.4 Å². The molecule has 2 fully saturated rings. The third-order valence-electron chi connectivity index (χ3n) is 7.06. The van der Waals surface area contributed by atoms with Crippen LogP contribution in [0.1, 0.15) is 69.9 Å². The number of aromatic nitrogens is 3. The van der Waals surface area contributed by atoms with Crippen LogP contribution in [0.4, 0.5) is 4.39 Å². The molecule has 1 aromatic carbocycles. The van der Waals surface area contributed by atoms with E-state index >= 15 is 0 Å². The first kappa shape index (κ1) is 19.7. The molecule has 0 amide bonds. The highest BCUT2D eigenvalue weighted by atomic mass is 19.1. The number of ether oxygens (including phenoxy) is 1. The molecule has 6 heteroatoms. The van der Waals surface area contributed by atoms with E-state index in [2.05, 4.69) is 34.8 Å². The van der Waals surface area contributed by atoms with Crippen LogP contribution >= 0.6 is 0 Å². The molecule has 1 saturated heterocycles. The first-order valence-corrected chi connectivity index (χ1v) is 11.0. The second-order valence-electron chi connectivity index (χ2n) is 10.3. The lowest BCUT2D eigenvalue weighted by Gasteiger charge is -2.40. The molecule has 1 aliphatic heterocycles. The summed E-state index contributed by atoms with van der Waals surface area (Å²) in [7, 11) is 0. The van der Waals surface area contributed by atoms with Crippen LogP contribution in [0.3, 0.4) is 0 Å². The first-order valence-electron chi connectivity index (χ1n) is 11.0. The van der Waals surface area contributed by atoms with Crippen LogP contribution in [-0.2, 0) is 10.2 Å². The van der Waals surface area contributed by atoms with Gasteiger partial charge in [0.25, 0.3) is 5.91 Å². The number of nitrogens with zero attached hydrogens (tertiary/aromatic N) is 3. The summed E-state index contributed by atoms with van der Waals surface area (Å²) in [4.78, 5) is 12.9. The molecule has 3 heterocycles. The zero-order chi connectivity index (χ0) is 21.3. The second-order valence-corrected chi connectivity index (χ2v) is 10.3. The molecule has 1 aliphatic carbocycles. The second kappa shape index (κ2) is 6.64. The molecule has 5 nitrogen and oxygen atoms in total. The Hall–Kier alpha value is -2.21. The van der Waals surface area contributed by atoms with Crippen molar-refractivity contribution in [3.8, 4) is 0 Å². The lowest BCUT2D eigenvalue weighted by atomic mass is 9.78. The topological polar surface area (TPSA) is 49.1 Å². The Bertz CT molecular complexity index is 1130. The highest BCUT2D eigenvalue weighted by Gasteiger charge is 2.40. The number of hydrogen-bond acceptors (Lipinski definition) is 3. The Balaban J connectivity index is 1.72. The minimum absolute atomic E-state index is 0.0317. The smallest absolute Gasteiger partial charge is 0.252 e. The molecule has 5 rings (SSSR count). The van der Waals surface area contributed by atoms with E-state index in [0.717, 1.165) is 54.3 Å². The Morgan fingerprint density at radius 3 is 2.43 bits per heavy atom. The molecule has 1 saturated carbocycles. The van der Waals surface area contributed by atoms with E-state index in [0.29, 0.717) is 6.42 Å². The molecule has 2 aromatic heterocycles. The largest absolute Gasteiger partial charge is 0.381 e. The summed E-state index contributed by atoms with van der Waals surface area (Å²) < 4.78 is 24.0. The number of alkyl halides is 1. The van der Waals surface area contributed by atoms with Crippen LogP contribution in [0, 0.1) is 5.41 Å². The summed E-state index contributed by atoms with van der Waals surface area (Å²) in [5.41, 5.74) is 2.50. The molecule has 160 valence electrons. The zero-order valence-electron chi connectivity index (χ0n) is 18.2. The van der Waals surface area contributed by atoms with Crippen LogP contribution < -0.4 is 0 Å². The Morgan fingerprint density at radius 2 is 1.83 bits per heavy atom. The Labute approximate surface area is 176 Å². The van der Waals surface area contributed by atoms with E-state index in [-0.39, 0.29) is 17.4 Å². The Morgan fingerprint density at radius 1 is 1.13 bits per heavy atom. The molecule has 0 radical (unpaired) electrons. The fraction of sp³-hybridized carbons (Fsp3) is 0.583. The molecular weight excluding hydrogens is 381 g/mol. The molecule has 30 heavy (non-hydrogen) atoms. The monoisotopic (exact) mass is 411 g/mol. The third kappa shape index (κ3) is 2.91. The lowest BCUT2D eigenvalue weighted by molar-refractivity contribution is 0.0497. The van der Waals surface area contributed by atoms with Crippen LogP contribution in [0.2, 0.25) is 0 Å². The molecular formula is C24H30FN3O2. The normalized spacial score (nSPS) is 24.3. The van der Waals surface area contributed by atoms with Crippen molar-refractivity contribution in [2.75, 3.05) is 13.2 Å². The average Bonchev–Trinajstić information content (AvgIpc) is 3.26. The minimum Gasteiger partial charge on any atom is -0.381 e. The van der Waals surface area contributed by atoms with Crippen molar-refractivity contribution < 1.29 is 13.9 Å². The van der Waals surface area contributed by atoms with Gasteiger partial charge in [-0.05, 0) is 43.9 Å². The van der Waals surface area contributed by atoms with E-state index in [1.807, 2.05) is 20.8 Å². The summed E-state index contributed by atoms with van der Waals surface area (Å²) in [5, 5.41) is 6.34. The van der Waals surface area contributed by atoms with Gasteiger partial charge in [0.1, 0.15) is 6.17 Å². The number of rotatable bonds is 2. The molecule has 2 atom stereocenters. The summed E-state index contributed by atoms with van der Waals surface area (Å²) in [5.74, 6) is -0.0317. The summed E-state index contributed by atoms with van der Waals surface area (Å²) in [6.45, 7) is 9.45. The minimum atomic E-state index is -0.802. The number of hydrogen-bond donors (Lipinski definition) is 0. The van der Waals surface area contributed by atoms with E-state index in [4.69, 9.17) is 4.74 Å². The number of carbonyl (C=O) groups is 1. The van der Waals surface area contributed by atoms with Crippen molar-refractivity contribution in [2.45, 2.75) is 71.0 Å². The number of carbonyl (C=O) groups excluding carboxylic acids is 1. The summed E-state index contributed by atoms with van der Waals surface area (Å²) in [6.07, 6.45) is 4.31. The van der Waals surface area contributed by atoms with Gasteiger partial charge in [0.05, 0.1) is 17.8 Å². The predicted octanol–water partition coefficient (Wildman–Crippen LogP) is 5.42. The van der Waals surface area contributed by atoms with Gasteiger partial charge in [0.15, 0.2) is 0 Å². The summed E-state index contributed by atoms with van der Waals surface area (Å²) >= 11 is 0. The Kier molecular flexibility index (Phi) is 4.37. The van der Waals surface area contributed by atoms with E-state index in [1.54, 1.807) is 6.20 Å². The molecule has 0 N–H and O–H groups in total. The van der Waals surface area contributed by atoms with Gasteiger partial charge < -0.3 is 9.30 Å². The summed E-state index contributed by atoms with van der Waals surface area (Å²) in [6, 6.07) is 6.24. The van der Waals surface area contributed by atoms with Gasteiger partial charge in [-0.3, -0.25) is 4.79 Å². The van der Waals surface area contributed by atoms with Gasteiger partial charge >= 0.3 is 0 Å². The van der Waals surface area contributed by atoms with E-state index < -0.39 is 11.6 Å². The number of benzene rings is 1. The van der Waals surface area contributed by atoms with Crippen molar-refractivity contribution in [2.24, 2.45) is 5.41 Å². The molecule has 2 aliphatic rings. The van der Waals surface area contributed by atoms with Crippen molar-refractivity contribution >= 4 is 27.7 Å². The quantitative estimate of drug-likeness (QED) is 0.566. The zero-order valence-corrected chi connectivity index (χ0v) is 18.2. The molecule has 1 unspecified atom stereocenters. The fourth-order valence-electron chi connectivity index (χ4n) is 4.86. The van der Waals surface area contributed by atoms with Gasteiger partial charge in [-0.2, -0.15) is 9.78 Å². The molecule has 0 bridgehead atoms. The van der Waals surface area contributed by atoms with Crippen LogP contribution in [0.25, 0.3) is 21.8 Å². The SMILES string of the molecule is CC(C)(C)C(=O)n1ncc2cc3c(cc(C4(C)CCOCC4)n3C3CC[C@H]3F)cc21. The van der Waals surface area contributed by atoms with Gasteiger partial charge in [0, 0.05) is 46.0 Å². The number of fused-ring (bicyclic) bond motifs is 2. The molecule has 3 aromatic rings. The van der Waals surface area contributed by atoms with Crippen molar-refractivity contribution in [1.82, 2.24) is 14.3 Å². The first-order chi connectivity index (χ1) is 14.2. The number of halogens is 1. The van der Waals surface area contributed by atoms with Crippen molar-refractivity contribution in [3.05, 3.63) is 30.1 Å². The van der Waals surface area contributed by atoms with Gasteiger partial charge in [-0.25, -0.2) is 4.39 Å². The fourth-order valence-corrected chi connectivity index (χ4v) is 4.86. The maximum atomic E-state index is 14.6.